The molecule has 0 spiro atoms. The zero-order valence-electron chi connectivity index (χ0n) is 29.3. The topological polar surface area (TPSA) is 104 Å². The van der Waals surface area contributed by atoms with E-state index < -0.39 is 5.41 Å². The fourth-order valence-corrected chi connectivity index (χ4v) is 6.85. The second kappa shape index (κ2) is 14.7. The van der Waals surface area contributed by atoms with E-state index in [2.05, 4.69) is 87.0 Å². The number of benzene rings is 2. The van der Waals surface area contributed by atoms with Gasteiger partial charge in [-0.15, -0.1) is 11.8 Å². The number of fused-ring (bicyclic) bond motifs is 1. The normalized spacial score (nSPS) is 11.8. The Morgan fingerprint density at radius 1 is 0.860 bits per heavy atom. The molecule has 6 aromatic rings. The number of hydrogen-bond acceptors (Lipinski definition) is 8. The number of nitrogens with one attached hydrogen (secondary N) is 1. The molecule has 6 rings (SSSR count). The zero-order valence-corrected chi connectivity index (χ0v) is 30.1. The first-order valence-electron chi connectivity index (χ1n) is 16.5. The van der Waals surface area contributed by atoms with Crippen LogP contribution in [-0.4, -0.2) is 42.3 Å². The van der Waals surface area contributed by atoms with Gasteiger partial charge < -0.3 is 19.4 Å². The summed E-state index contributed by atoms with van der Waals surface area (Å²) in [6.07, 6.45) is 8.81. The number of aromatic nitrogens is 5. The Balaban J connectivity index is 1.40. The van der Waals surface area contributed by atoms with Crippen LogP contribution in [0.2, 0.25) is 0 Å². The molecular weight excluding hydrogens is 645 g/mol. The predicted molar refractivity (Wildman–Crippen MR) is 200 cm³/mol. The Morgan fingerprint density at radius 3 is 2.32 bits per heavy atom. The SMILES string of the molecule is COc1ccc(-c2ccc(Cn3c(CC(C)(C)C(=O)Nc4cnccn4)c(SC(C)(C)C)c4cc(OCc5ccccn5)ccc43)cc2)cn1. The number of hydrogen-bond donors (Lipinski definition) is 1. The monoisotopic (exact) mass is 686 g/mol. The van der Waals surface area contributed by atoms with Crippen molar-refractivity contribution in [2.75, 3.05) is 12.4 Å². The van der Waals surface area contributed by atoms with Gasteiger partial charge in [0.2, 0.25) is 11.8 Å². The van der Waals surface area contributed by atoms with Crippen LogP contribution in [0.5, 0.6) is 11.6 Å². The van der Waals surface area contributed by atoms with Crippen LogP contribution in [0.15, 0.2) is 109 Å². The molecule has 0 bridgehead atoms. The molecule has 0 aliphatic rings. The fraction of sp³-hybridized carbons (Fsp3) is 0.275. The molecule has 0 unspecified atom stereocenters. The number of carbonyl (C=O) groups excluding carboxylic acids is 1. The highest BCUT2D eigenvalue weighted by atomic mass is 32.2. The highest BCUT2D eigenvalue weighted by Gasteiger charge is 2.33. The van der Waals surface area contributed by atoms with Crippen molar-refractivity contribution in [1.29, 1.82) is 0 Å². The van der Waals surface area contributed by atoms with Crippen molar-refractivity contribution in [3.8, 4) is 22.8 Å². The van der Waals surface area contributed by atoms with Crippen LogP contribution < -0.4 is 14.8 Å². The van der Waals surface area contributed by atoms with Crippen LogP contribution in [-0.2, 0) is 24.4 Å². The molecular formula is C40H42N6O3S. The van der Waals surface area contributed by atoms with Gasteiger partial charge in [-0.1, -0.05) is 65.0 Å². The lowest BCUT2D eigenvalue weighted by Crippen LogP contribution is -2.34. The third-order valence-electron chi connectivity index (χ3n) is 8.21. The maximum atomic E-state index is 13.8. The first kappa shape index (κ1) is 34.6. The Labute approximate surface area is 297 Å². The molecule has 256 valence electrons. The van der Waals surface area contributed by atoms with Gasteiger partial charge in [0, 0.05) is 81.0 Å². The number of pyridine rings is 2. The van der Waals surface area contributed by atoms with Crippen LogP contribution >= 0.6 is 11.8 Å². The minimum Gasteiger partial charge on any atom is -0.487 e. The summed E-state index contributed by atoms with van der Waals surface area (Å²) in [4.78, 5) is 32.1. The summed E-state index contributed by atoms with van der Waals surface area (Å²) in [6.45, 7) is 11.6. The Bertz CT molecular complexity index is 2060. The molecule has 1 N–H and O–H groups in total. The first-order chi connectivity index (χ1) is 24.0. The van der Waals surface area contributed by atoms with Crippen LogP contribution in [0.4, 0.5) is 5.82 Å². The van der Waals surface area contributed by atoms with Gasteiger partial charge in [0.15, 0.2) is 5.82 Å². The maximum absolute atomic E-state index is 13.8. The summed E-state index contributed by atoms with van der Waals surface area (Å²) >= 11 is 1.81. The summed E-state index contributed by atoms with van der Waals surface area (Å²) in [6, 6.07) is 24.5. The standard InChI is InChI=1S/C40H42N6O3S/c1-39(2,3)50-37-32-21-31(49-26-30-9-7-8-18-42-30)15-16-33(32)46(34(37)22-40(4,5)38(47)45-35-24-41-19-20-43-35)25-27-10-12-28(13-11-27)29-14-17-36(48-6)44-23-29/h7-21,23-24H,22,25-26H2,1-6H3,(H,43,45,47). The van der Waals surface area contributed by atoms with Gasteiger partial charge in [0.25, 0.3) is 0 Å². The number of nitrogens with zero attached hydrogens (tertiary/aromatic N) is 5. The van der Waals surface area contributed by atoms with Gasteiger partial charge in [-0.05, 0) is 47.5 Å². The van der Waals surface area contributed by atoms with E-state index in [9.17, 15) is 4.79 Å². The summed E-state index contributed by atoms with van der Waals surface area (Å²) < 4.78 is 13.7. The first-order valence-corrected chi connectivity index (χ1v) is 17.3. The minimum atomic E-state index is -0.777. The average molecular weight is 687 g/mol. The lowest BCUT2D eigenvalue weighted by atomic mass is 9.86. The lowest BCUT2D eigenvalue weighted by molar-refractivity contribution is -0.124. The summed E-state index contributed by atoms with van der Waals surface area (Å²) in [5.41, 5.74) is 5.47. The van der Waals surface area contributed by atoms with E-state index in [1.165, 1.54) is 0 Å². The number of anilines is 1. The molecule has 4 heterocycles. The number of ether oxygens (including phenoxy) is 2. The average Bonchev–Trinajstić information content (AvgIpc) is 3.37. The van der Waals surface area contributed by atoms with Gasteiger partial charge in [-0.25, -0.2) is 9.97 Å². The second-order valence-electron chi connectivity index (χ2n) is 13.8. The quantitative estimate of drug-likeness (QED) is 0.128. The minimum absolute atomic E-state index is 0.0985. The third-order valence-corrected chi connectivity index (χ3v) is 9.49. The van der Waals surface area contributed by atoms with Crippen molar-refractivity contribution in [3.63, 3.8) is 0 Å². The largest absolute Gasteiger partial charge is 0.487 e. The number of amides is 1. The highest BCUT2D eigenvalue weighted by molar-refractivity contribution is 8.00. The number of carbonyl (C=O) groups is 1. The van der Waals surface area contributed by atoms with Crippen molar-refractivity contribution < 1.29 is 14.3 Å². The molecule has 50 heavy (non-hydrogen) atoms. The van der Waals surface area contributed by atoms with Crippen molar-refractivity contribution >= 4 is 34.4 Å². The molecule has 0 aliphatic heterocycles. The second-order valence-corrected chi connectivity index (χ2v) is 15.6. The van der Waals surface area contributed by atoms with Crippen LogP contribution in [0.1, 0.15) is 51.6 Å². The molecule has 1 amide bonds. The number of rotatable bonds is 12. The third kappa shape index (κ3) is 8.31. The molecule has 0 saturated carbocycles. The molecule has 9 nitrogen and oxygen atoms in total. The van der Waals surface area contributed by atoms with E-state index in [0.717, 1.165) is 49.6 Å². The van der Waals surface area contributed by atoms with E-state index in [1.54, 1.807) is 31.9 Å². The molecule has 0 aliphatic carbocycles. The van der Waals surface area contributed by atoms with Gasteiger partial charge >= 0.3 is 0 Å². The van der Waals surface area contributed by atoms with Crippen LogP contribution in [0, 0.1) is 5.41 Å². The van der Waals surface area contributed by atoms with E-state index in [4.69, 9.17) is 9.47 Å². The summed E-state index contributed by atoms with van der Waals surface area (Å²) in [5.74, 6) is 1.65. The molecule has 0 radical (unpaired) electrons. The van der Waals surface area contributed by atoms with E-state index in [0.29, 0.717) is 31.3 Å². The summed E-state index contributed by atoms with van der Waals surface area (Å²) in [7, 11) is 1.61. The Kier molecular flexibility index (Phi) is 10.2. The van der Waals surface area contributed by atoms with Gasteiger partial charge in [0.05, 0.1) is 19.0 Å². The smallest absolute Gasteiger partial charge is 0.231 e. The molecule has 0 fully saturated rings. The Hall–Kier alpha value is -5.22. The van der Waals surface area contributed by atoms with Crippen molar-refractivity contribution in [1.82, 2.24) is 24.5 Å². The highest BCUT2D eigenvalue weighted by Crippen LogP contribution is 2.44. The molecule has 0 saturated heterocycles. The van der Waals surface area contributed by atoms with E-state index >= 15 is 0 Å². The van der Waals surface area contributed by atoms with Crippen molar-refractivity contribution in [3.05, 3.63) is 121 Å². The van der Waals surface area contributed by atoms with Crippen molar-refractivity contribution in [2.24, 2.45) is 5.41 Å². The van der Waals surface area contributed by atoms with Gasteiger partial charge in [-0.2, -0.15) is 0 Å². The zero-order chi connectivity index (χ0) is 35.3. The maximum Gasteiger partial charge on any atom is 0.231 e. The molecule has 0 atom stereocenters. The van der Waals surface area contributed by atoms with E-state index in [1.807, 2.05) is 68.2 Å². The predicted octanol–water partition coefficient (Wildman–Crippen LogP) is 8.62. The summed E-state index contributed by atoms with van der Waals surface area (Å²) in [5, 5.41) is 4.06. The van der Waals surface area contributed by atoms with Crippen molar-refractivity contribution in [2.45, 2.75) is 63.8 Å². The molecule has 4 aromatic heterocycles. The number of thioether (sulfide) groups is 1. The van der Waals surface area contributed by atoms with Crippen LogP contribution in [0.3, 0.4) is 0 Å². The Morgan fingerprint density at radius 2 is 1.66 bits per heavy atom. The fourth-order valence-electron chi connectivity index (χ4n) is 5.67. The van der Waals surface area contributed by atoms with E-state index in [-0.39, 0.29) is 10.7 Å². The van der Waals surface area contributed by atoms with Gasteiger partial charge in [0.1, 0.15) is 12.4 Å². The number of methoxy groups -OCH3 is 1. The lowest BCUT2D eigenvalue weighted by Gasteiger charge is -2.26. The van der Waals surface area contributed by atoms with Gasteiger partial charge in [-0.3, -0.25) is 14.8 Å². The van der Waals surface area contributed by atoms with Crippen LogP contribution in [0.25, 0.3) is 22.0 Å². The molecule has 2 aromatic carbocycles. The molecule has 10 heteroatoms.